The van der Waals surface area contributed by atoms with Gasteiger partial charge in [0, 0.05) is 42.0 Å². The Labute approximate surface area is 288 Å². The van der Waals surface area contributed by atoms with E-state index in [1.54, 1.807) is 11.1 Å². The lowest BCUT2D eigenvalue weighted by atomic mass is 9.66. The molecule has 2 aromatic rings. The number of anilines is 2. The van der Waals surface area contributed by atoms with Crippen molar-refractivity contribution in [1.82, 2.24) is 10.2 Å². The molecule has 7 aliphatic rings. The fourth-order valence-corrected chi connectivity index (χ4v) is 11.1. The first-order valence-electron chi connectivity index (χ1n) is 19.2. The predicted octanol–water partition coefficient (Wildman–Crippen LogP) is 10.3. The summed E-state index contributed by atoms with van der Waals surface area (Å²) in [6.45, 7) is 8.56. The third kappa shape index (κ3) is 4.94. The zero-order valence-corrected chi connectivity index (χ0v) is 29.2. The molecular formula is C45H53N3. The lowest BCUT2D eigenvalue weighted by Gasteiger charge is -2.38. The van der Waals surface area contributed by atoms with Gasteiger partial charge in [-0.3, -0.25) is 9.80 Å². The van der Waals surface area contributed by atoms with E-state index in [4.69, 9.17) is 0 Å². The molecule has 3 nitrogen and oxygen atoms in total. The van der Waals surface area contributed by atoms with Gasteiger partial charge >= 0.3 is 0 Å². The van der Waals surface area contributed by atoms with E-state index in [2.05, 4.69) is 139 Å². The number of nitrogens with zero attached hydrogens (tertiary/aromatic N) is 2. The second-order valence-electron chi connectivity index (χ2n) is 16.3. The van der Waals surface area contributed by atoms with Gasteiger partial charge in [0.25, 0.3) is 0 Å². The maximum Gasteiger partial charge on any atom is 0.106 e. The molecule has 1 N–H and O–H groups in total. The summed E-state index contributed by atoms with van der Waals surface area (Å²) in [5.41, 5.74) is 8.64. The molecule has 8 unspecified atom stereocenters. The maximum absolute atomic E-state index is 3.77. The van der Waals surface area contributed by atoms with Gasteiger partial charge in [0.2, 0.25) is 0 Å². The Morgan fingerprint density at radius 1 is 0.854 bits per heavy atom. The van der Waals surface area contributed by atoms with E-state index in [0.717, 1.165) is 31.2 Å². The lowest BCUT2D eigenvalue weighted by molar-refractivity contribution is 0.184. The molecule has 5 aliphatic carbocycles. The van der Waals surface area contributed by atoms with Crippen LogP contribution in [-0.4, -0.2) is 29.6 Å². The van der Waals surface area contributed by atoms with E-state index in [1.165, 1.54) is 66.9 Å². The van der Waals surface area contributed by atoms with Gasteiger partial charge in [0.05, 0.1) is 0 Å². The van der Waals surface area contributed by atoms with Crippen LogP contribution in [0, 0.1) is 23.7 Å². The minimum absolute atomic E-state index is 0.208. The van der Waals surface area contributed by atoms with Crippen LogP contribution >= 0.6 is 0 Å². The van der Waals surface area contributed by atoms with Crippen LogP contribution in [0.4, 0.5) is 11.4 Å². The number of allylic oxidation sites excluding steroid dienone is 6. The topological polar surface area (TPSA) is 18.5 Å². The standard InChI is InChI=1S/C45H53N3/c1-30-12-11-16-39-44(30)37-25-24-35(29-40(37)45(39,2)3)47(43-18-9-10-27-46-43)34-22-19-31(20-23-34)32-21-26-42-38(28-32)36-15-7-8-17-41(36)48(42)33-13-5-4-6-14-33/h4-6,8,13,17-26,28-30,33,36,38-39,41-42,44,46H,7,9-12,14-16,27H2,1-3H3. The summed E-state index contributed by atoms with van der Waals surface area (Å²) in [6.07, 6.45) is 34.2. The van der Waals surface area contributed by atoms with Crippen molar-refractivity contribution in [3.63, 3.8) is 0 Å². The van der Waals surface area contributed by atoms with Crippen molar-refractivity contribution in [1.29, 1.82) is 0 Å². The molecule has 8 atom stereocenters. The number of hydrogen-bond donors (Lipinski definition) is 1. The number of hydrogen-bond acceptors (Lipinski definition) is 3. The number of rotatable bonds is 5. The third-order valence-electron chi connectivity index (χ3n) is 13.4. The zero-order chi connectivity index (χ0) is 32.4. The molecular weight excluding hydrogens is 583 g/mol. The molecule has 0 bridgehead atoms. The van der Waals surface area contributed by atoms with Crippen molar-refractivity contribution in [2.45, 2.75) is 102 Å². The number of likely N-dealkylation sites (tertiary alicyclic amines) is 1. The van der Waals surface area contributed by atoms with Crippen molar-refractivity contribution in [2.24, 2.45) is 23.7 Å². The van der Waals surface area contributed by atoms with Crippen LogP contribution in [0.25, 0.3) is 5.57 Å². The molecule has 1 saturated heterocycles. The fourth-order valence-electron chi connectivity index (χ4n) is 11.1. The van der Waals surface area contributed by atoms with Crippen molar-refractivity contribution in [2.75, 3.05) is 11.4 Å². The van der Waals surface area contributed by atoms with Gasteiger partial charge in [-0.15, -0.1) is 0 Å². The Kier molecular flexibility index (Phi) is 7.68. The Morgan fingerprint density at radius 3 is 2.54 bits per heavy atom. The van der Waals surface area contributed by atoms with E-state index in [1.807, 2.05) is 0 Å². The second kappa shape index (κ2) is 12.1. The Morgan fingerprint density at radius 2 is 1.73 bits per heavy atom. The molecule has 0 radical (unpaired) electrons. The minimum Gasteiger partial charge on any atom is -0.371 e. The molecule has 0 aromatic heterocycles. The summed E-state index contributed by atoms with van der Waals surface area (Å²) in [5, 5.41) is 3.77. The first kappa shape index (κ1) is 30.5. The molecule has 2 aromatic carbocycles. The second-order valence-corrected chi connectivity index (χ2v) is 16.3. The first-order valence-corrected chi connectivity index (χ1v) is 19.2. The van der Waals surface area contributed by atoms with E-state index in [-0.39, 0.29) is 5.41 Å². The normalized spacial score (nSPS) is 34.4. The first-order chi connectivity index (χ1) is 23.5. The molecule has 248 valence electrons. The van der Waals surface area contributed by atoms with Crippen LogP contribution in [0.2, 0.25) is 0 Å². The summed E-state index contributed by atoms with van der Waals surface area (Å²) in [7, 11) is 0. The Bertz CT molecular complexity index is 1730. The van der Waals surface area contributed by atoms with Gasteiger partial charge in [0.1, 0.15) is 5.82 Å². The van der Waals surface area contributed by atoms with Crippen LogP contribution in [-0.2, 0) is 5.41 Å². The average molecular weight is 636 g/mol. The van der Waals surface area contributed by atoms with Crippen LogP contribution in [0.1, 0.15) is 94.7 Å². The fraction of sp³-hybridized carbons (Fsp3) is 0.467. The third-order valence-corrected chi connectivity index (χ3v) is 13.4. The highest BCUT2D eigenvalue weighted by Crippen LogP contribution is 2.59. The van der Waals surface area contributed by atoms with Crippen molar-refractivity contribution in [3.05, 3.63) is 126 Å². The molecule has 0 amide bonds. The van der Waals surface area contributed by atoms with E-state index >= 15 is 0 Å². The van der Waals surface area contributed by atoms with Crippen molar-refractivity contribution in [3.8, 4) is 0 Å². The van der Waals surface area contributed by atoms with Gasteiger partial charge in [-0.25, -0.2) is 0 Å². The Hall–Kier alpha value is -3.56. The van der Waals surface area contributed by atoms with Crippen molar-refractivity contribution >= 4 is 16.9 Å². The van der Waals surface area contributed by atoms with E-state index in [0.29, 0.717) is 35.9 Å². The van der Waals surface area contributed by atoms with Crippen LogP contribution in [0.15, 0.2) is 109 Å². The summed E-state index contributed by atoms with van der Waals surface area (Å²) in [5.74, 6) is 4.71. The quantitative estimate of drug-likeness (QED) is 0.330. The van der Waals surface area contributed by atoms with Crippen LogP contribution in [0.5, 0.6) is 0 Å². The highest BCUT2D eigenvalue weighted by molar-refractivity contribution is 5.78. The molecule has 2 aliphatic heterocycles. The lowest BCUT2D eigenvalue weighted by Crippen LogP contribution is -2.44. The molecule has 9 rings (SSSR count). The smallest absolute Gasteiger partial charge is 0.106 e. The summed E-state index contributed by atoms with van der Waals surface area (Å²) in [4.78, 5) is 5.31. The van der Waals surface area contributed by atoms with Gasteiger partial charge in [-0.05, 0) is 120 Å². The van der Waals surface area contributed by atoms with Gasteiger partial charge < -0.3 is 5.32 Å². The predicted molar refractivity (Wildman–Crippen MR) is 201 cm³/mol. The van der Waals surface area contributed by atoms with Crippen LogP contribution in [0.3, 0.4) is 0 Å². The van der Waals surface area contributed by atoms with Gasteiger partial charge in [0.15, 0.2) is 0 Å². The zero-order valence-electron chi connectivity index (χ0n) is 29.2. The van der Waals surface area contributed by atoms with E-state index in [9.17, 15) is 0 Å². The molecule has 2 heterocycles. The molecule has 48 heavy (non-hydrogen) atoms. The number of nitrogens with one attached hydrogen (secondary N) is 1. The molecule has 1 saturated carbocycles. The van der Waals surface area contributed by atoms with Crippen LogP contribution < -0.4 is 10.2 Å². The number of benzene rings is 2. The number of fused-ring (bicyclic) bond motifs is 6. The van der Waals surface area contributed by atoms with E-state index < -0.39 is 0 Å². The highest BCUT2D eigenvalue weighted by Gasteiger charge is 2.50. The minimum atomic E-state index is 0.208. The van der Waals surface area contributed by atoms with Gasteiger partial charge in [-0.1, -0.05) is 106 Å². The Balaban J connectivity index is 1.03. The van der Waals surface area contributed by atoms with Crippen molar-refractivity contribution < 1.29 is 0 Å². The van der Waals surface area contributed by atoms with Gasteiger partial charge in [-0.2, -0.15) is 0 Å². The molecule has 0 spiro atoms. The monoisotopic (exact) mass is 635 g/mol. The molecule has 3 heteroatoms. The summed E-state index contributed by atoms with van der Waals surface area (Å²) >= 11 is 0. The SMILES string of the molecule is CC1CCCC2C1c1ccc(N(C3=CCCCN3)c3ccc(C4=CC5C6CCC=CC6N(C6C=CC=CC6)C5C=C4)cc3)cc1C2(C)C. The summed E-state index contributed by atoms with van der Waals surface area (Å²) < 4.78 is 0. The highest BCUT2D eigenvalue weighted by atomic mass is 15.3. The largest absolute Gasteiger partial charge is 0.371 e. The average Bonchev–Trinajstić information content (AvgIpc) is 3.58. The molecule has 2 fully saturated rings. The summed E-state index contributed by atoms with van der Waals surface area (Å²) in [6, 6.07) is 18.4. The maximum atomic E-state index is 3.77.